The third-order valence-electron chi connectivity index (χ3n) is 2.36. The first kappa shape index (κ1) is 10.8. The van der Waals surface area contributed by atoms with Crippen LogP contribution in [0.15, 0.2) is 35.1 Å². The molecule has 2 heterocycles. The van der Waals surface area contributed by atoms with Gasteiger partial charge >= 0.3 is 0 Å². The van der Waals surface area contributed by atoms with Gasteiger partial charge in [-0.2, -0.15) is 0 Å². The average Bonchev–Trinajstić information content (AvgIpc) is 2.80. The Hall–Kier alpha value is -1.72. The molecule has 0 aliphatic carbocycles. The minimum absolute atomic E-state index is 0.256. The zero-order valence-corrected chi connectivity index (χ0v) is 9.05. The Balaban J connectivity index is 2.29. The van der Waals surface area contributed by atoms with Crippen LogP contribution >= 0.6 is 0 Å². The second-order valence-corrected chi connectivity index (χ2v) is 3.39. The van der Waals surface area contributed by atoms with E-state index in [4.69, 9.17) is 10.3 Å². The number of aromatic nitrogens is 2. The van der Waals surface area contributed by atoms with Crippen molar-refractivity contribution in [1.82, 2.24) is 15.4 Å². The molecule has 1 unspecified atom stereocenters. The highest BCUT2D eigenvalue weighted by atomic mass is 16.3. The predicted molar refractivity (Wildman–Crippen MR) is 59.3 cm³/mol. The summed E-state index contributed by atoms with van der Waals surface area (Å²) in [7, 11) is 0. The van der Waals surface area contributed by atoms with Gasteiger partial charge in [-0.25, -0.2) is 5.43 Å². The van der Waals surface area contributed by atoms with Crippen LogP contribution in [0.5, 0.6) is 0 Å². The van der Waals surface area contributed by atoms with E-state index in [9.17, 15) is 0 Å². The van der Waals surface area contributed by atoms with Crippen molar-refractivity contribution in [2.75, 3.05) is 0 Å². The van der Waals surface area contributed by atoms with Crippen LogP contribution in [0.4, 0.5) is 0 Å². The van der Waals surface area contributed by atoms with Gasteiger partial charge in [-0.1, -0.05) is 6.92 Å². The minimum Gasteiger partial charge on any atom is -0.464 e. The van der Waals surface area contributed by atoms with E-state index in [-0.39, 0.29) is 6.04 Å². The summed E-state index contributed by atoms with van der Waals surface area (Å²) in [5, 5.41) is 0. The van der Waals surface area contributed by atoms with Crippen molar-refractivity contribution in [3.8, 4) is 0 Å². The molecule has 2 aromatic heterocycles. The molecule has 0 saturated carbocycles. The molecule has 0 radical (unpaired) electrons. The topological polar surface area (TPSA) is 77.0 Å². The fourth-order valence-corrected chi connectivity index (χ4v) is 1.51. The van der Waals surface area contributed by atoms with E-state index in [1.165, 1.54) is 0 Å². The van der Waals surface area contributed by atoms with E-state index in [1.807, 2.05) is 19.1 Å². The Kier molecular flexibility index (Phi) is 3.28. The first-order valence-electron chi connectivity index (χ1n) is 5.15. The van der Waals surface area contributed by atoms with Crippen LogP contribution in [-0.2, 0) is 6.42 Å². The lowest BCUT2D eigenvalue weighted by molar-refractivity contribution is 0.421. The van der Waals surface area contributed by atoms with Crippen LogP contribution in [0.2, 0.25) is 0 Å². The fraction of sp³-hybridized carbons (Fsp3) is 0.273. The van der Waals surface area contributed by atoms with E-state index < -0.39 is 0 Å². The van der Waals surface area contributed by atoms with Crippen LogP contribution in [0, 0.1) is 0 Å². The molecule has 0 fully saturated rings. The summed E-state index contributed by atoms with van der Waals surface area (Å²) in [6.45, 7) is 2.04. The number of nitrogens with zero attached hydrogens (tertiary/aromatic N) is 2. The second-order valence-electron chi connectivity index (χ2n) is 3.39. The number of hydrazine groups is 1. The van der Waals surface area contributed by atoms with Crippen molar-refractivity contribution in [3.05, 3.63) is 47.9 Å². The molecule has 84 valence electrons. The summed E-state index contributed by atoms with van der Waals surface area (Å²) in [4.78, 5) is 8.20. The maximum Gasteiger partial charge on any atom is 0.128 e. The molecule has 3 N–H and O–H groups in total. The van der Waals surface area contributed by atoms with Gasteiger partial charge in [0.25, 0.3) is 0 Å². The third kappa shape index (κ3) is 2.10. The number of nitrogens with one attached hydrogen (secondary N) is 1. The van der Waals surface area contributed by atoms with E-state index in [1.54, 1.807) is 18.6 Å². The van der Waals surface area contributed by atoms with Crippen LogP contribution in [-0.4, -0.2) is 9.97 Å². The first-order chi connectivity index (χ1) is 7.85. The van der Waals surface area contributed by atoms with Gasteiger partial charge in [0.15, 0.2) is 0 Å². The quantitative estimate of drug-likeness (QED) is 0.595. The number of aryl methyl sites for hydroxylation is 1. The first-order valence-corrected chi connectivity index (χ1v) is 5.15. The molecule has 5 heteroatoms. The van der Waals surface area contributed by atoms with Crippen LogP contribution < -0.4 is 11.3 Å². The molecular formula is C11H14N4O. The minimum atomic E-state index is -0.256. The highest BCUT2D eigenvalue weighted by Crippen LogP contribution is 2.21. The highest BCUT2D eigenvalue weighted by molar-refractivity contribution is 5.19. The van der Waals surface area contributed by atoms with E-state index in [0.29, 0.717) is 0 Å². The van der Waals surface area contributed by atoms with Crippen molar-refractivity contribution in [2.45, 2.75) is 19.4 Å². The molecule has 0 aliphatic heterocycles. The number of nitrogens with two attached hydrogens (primary N) is 1. The Morgan fingerprint density at radius 3 is 2.88 bits per heavy atom. The van der Waals surface area contributed by atoms with Gasteiger partial charge in [-0.15, -0.1) is 0 Å². The van der Waals surface area contributed by atoms with Gasteiger partial charge in [0.1, 0.15) is 17.6 Å². The molecule has 2 rings (SSSR count). The van der Waals surface area contributed by atoms with Gasteiger partial charge < -0.3 is 4.42 Å². The maximum absolute atomic E-state index is 5.63. The van der Waals surface area contributed by atoms with Crippen LogP contribution in [0.1, 0.15) is 30.2 Å². The lowest BCUT2D eigenvalue weighted by atomic mass is 10.2. The zero-order chi connectivity index (χ0) is 11.4. The lowest BCUT2D eigenvalue weighted by Crippen LogP contribution is -2.29. The highest BCUT2D eigenvalue weighted by Gasteiger charge is 2.17. The summed E-state index contributed by atoms with van der Waals surface area (Å²) < 4.78 is 5.63. The van der Waals surface area contributed by atoms with E-state index >= 15 is 0 Å². The maximum atomic E-state index is 5.63. The number of hydrogen-bond acceptors (Lipinski definition) is 5. The van der Waals surface area contributed by atoms with E-state index in [2.05, 4.69) is 15.4 Å². The van der Waals surface area contributed by atoms with Crippen molar-refractivity contribution < 1.29 is 4.42 Å². The van der Waals surface area contributed by atoms with Gasteiger partial charge in [0, 0.05) is 18.8 Å². The monoisotopic (exact) mass is 218 g/mol. The number of furan rings is 1. The summed E-state index contributed by atoms with van der Waals surface area (Å²) in [6.07, 6.45) is 5.77. The summed E-state index contributed by atoms with van der Waals surface area (Å²) in [5.41, 5.74) is 3.41. The lowest BCUT2D eigenvalue weighted by Gasteiger charge is -2.11. The zero-order valence-electron chi connectivity index (χ0n) is 9.05. The number of hydrogen-bond donors (Lipinski definition) is 2. The standard InChI is InChI=1S/C11H14N4O/c1-2-8-3-4-10(16-8)11(15-12)9-7-13-5-6-14-9/h3-7,11,15H,2,12H2,1H3. The Morgan fingerprint density at radius 1 is 1.44 bits per heavy atom. The van der Waals surface area contributed by atoms with Gasteiger partial charge in [0.05, 0.1) is 11.9 Å². The molecule has 2 aromatic rings. The van der Waals surface area contributed by atoms with Gasteiger partial charge in [-0.05, 0) is 12.1 Å². The normalized spacial score (nSPS) is 12.6. The van der Waals surface area contributed by atoms with Crippen molar-refractivity contribution in [3.63, 3.8) is 0 Å². The molecule has 16 heavy (non-hydrogen) atoms. The third-order valence-corrected chi connectivity index (χ3v) is 2.36. The smallest absolute Gasteiger partial charge is 0.128 e. The Labute approximate surface area is 93.7 Å². The molecule has 0 bridgehead atoms. The Bertz CT molecular complexity index is 440. The van der Waals surface area contributed by atoms with Crippen molar-refractivity contribution >= 4 is 0 Å². The molecule has 5 nitrogen and oxygen atoms in total. The van der Waals surface area contributed by atoms with Gasteiger partial charge in [-0.3, -0.25) is 15.8 Å². The van der Waals surface area contributed by atoms with Crippen LogP contribution in [0.25, 0.3) is 0 Å². The van der Waals surface area contributed by atoms with Crippen molar-refractivity contribution in [2.24, 2.45) is 5.84 Å². The Morgan fingerprint density at radius 2 is 2.31 bits per heavy atom. The molecule has 0 spiro atoms. The summed E-state index contributed by atoms with van der Waals surface area (Å²) >= 11 is 0. The molecule has 0 saturated heterocycles. The molecule has 0 aliphatic rings. The number of rotatable bonds is 4. The molecular weight excluding hydrogens is 204 g/mol. The predicted octanol–water partition coefficient (Wildman–Crippen LogP) is 1.18. The van der Waals surface area contributed by atoms with Gasteiger partial charge in [0.2, 0.25) is 0 Å². The molecule has 0 amide bonds. The summed E-state index contributed by atoms with van der Waals surface area (Å²) in [6, 6.07) is 3.59. The molecule has 0 aromatic carbocycles. The SMILES string of the molecule is CCc1ccc(C(NN)c2cnccn2)o1. The van der Waals surface area contributed by atoms with Crippen molar-refractivity contribution in [1.29, 1.82) is 0 Å². The largest absolute Gasteiger partial charge is 0.464 e. The summed E-state index contributed by atoms with van der Waals surface area (Å²) in [5.74, 6) is 7.19. The average molecular weight is 218 g/mol. The second kappa shape index (κ2) is 4.87. The fourth-order valence-electron chi connectivity index (χ4n) is 1.51. The van der Waals surface area contributed by atoms with Crippen LogP contribution in [0.3, 0.4) is 0 Å². The molecule has 1 atom stereocenters. The van der Waals surface area contributed by atoms with E-state index in [0.717, 1.165) is 23.6 Å².